The second-order valence-electron chi connectivity index (χ2n) is 6.02. The summed E-state index contributed by atoms with van der Waals surface area (Å²) >= 11 is 0. The molecule has 0 unspecified atom stereocenters. The number of hydrogen-bond acceptors (Lipinski definition) is 4. The van der Waals surface area contributed by atoms with Gasteiger partial charge in [-0.25, -0.2) is 9.97 Å². The Kier molecular flexibility index (Phi) is 3.18. The summed E-state index contributed by atoms with van der Waals surface area (Å²) in [5.41, 5.74) is 5.60. The van der Waals surface area contributed by atoms with E-state index in [4.69, 9.17) is 9.40 Å². The maximum Gasteiger partial charge on any atom is 0.191 e. The molecule has 0 saturated heterocycles. The molecule has 0 spiro atoms. The van der Waals surface area contributed by atoms with E-state index in [0.29, 0.717) is 11.0 Å². The summed E-state index contributed by atoms with van der Waals surface area (Å²) in [5.74, 6) is 0. The van der Waals surface area contributed by atoms with Crippen LogP contribution < -0.4 is 5.43 Å². The topological polar surface area (TPSA) is 71.8 Å². The van der Waals surface area contributed by atoms with E-state index >= 15 is 0 Å². The second kappa shape index (κ2) is 5.67. The molecular weight excluding hydrogens is 326 g/mol. The van der Waals surface area contributed by atoms with Crippen LogP contribution in [0.15, 0.2) is 82.5 Å². The minimum absolute atomic E-state index is 0.0605. The summed E-state index contributed by atoms with van der Waals surface area (Å²) in [6, 6.07) is 19.1. The highest BCUT2D eigenvalue weighted by atomic mass is 16.3. The first-order valence-corrected chi connectivity index (χ1v) is 8.21. The van der Waals surface area contributed by atoms with Crippen LogP contribution in [0, 0.1) is 0 Å². The van der Waals surface area contributed by atoms with Crippen LogP contribution in [0.5, 0.6) is 0 Å². The number of nitrogens with zero attached hydrogens (tertiary/aromatic N) is 2. The van der Waals surface area contributed by atoms with Crippen LogP contribution in [0.2, 0.25) is 0 Å². The van der Waals surface area contributed by atoms with E-state index in [0.717, 1.165) is 33.5 Å². The highest BCUT2D eigenvalue weighted by molar-refractivity contribution is 5.92. The lowest BCUT2D eigenvalue weighted by atomic mass is 9.98. The van der Waals surface area contributed by atoms with Crippen LogP contribution in [0.4, 0.5) is 0 Å². The Hall–Kier alpha value is -3.73. The molecule has 5 aromatic rings. The van der Waals surface area contributed by atoms with Crippen LogP contribution in [-0.2, 0) is 0 Å². The fraction of sp³-hybridized carbons (Fsp3) is 0. The first kappa shape index (κ1) is 14.6. The molecule has 0 radical (unpaired) electrons. The lowest BCUT2D eigenvalue weighted by Gasteiger charge is -2.11. The molecule has 0 saturated carbocycles. The molecule has 1 N–H and O–H groups in total. The Labute approximate surface area is 148 Å². The van der Waals surface area contributed by atoms with Crippen LogP contribution in [0.25, 0.3) is 44.5 Å². The van der Waals surface area contributed by atoms with Crippen LogP contribution in [0.3, 0.4) is 0 Å². The number of pyridine rings is 2. The smallest absolute Gasteiger partial charge is 0.191 e. The van der Waals surface area contributed by atoms with Gasteiger partial charge in [0, 0.05) is 23.4 Å². The van der Waals surface area contributed by atoms with E-state index in [1.165, 1.54) is 12.5 Å². The predicted molar refractivity (Wildman–Crippen MR) is 101 cm³/mol. The second-order valence-corrected chi connectivity index (χ2v) is 6.02. The number of rotatable bonds is 2. The van der Waals surface area contributed by atoms with Crippen molar-refractivity contribution in [2.24, 2.45) is 0 Å². The number of aromatic amines is 1. The van der Waals surface area contributed by atoms with E-state index in [9.17, 15) is 4.79 Å². The molecule has 0 aliphatic rings. The Morgan fingerprint density at radius 1 is 0.923 bits per heavy atom. The molecular formula is C21H13N3O2. The van der Waals surface area contributed by atoms with E-state index in [-0.39, 0.29) is 5.43 Å². The molecule has 3 heterocycles. The van der Waals surface area contributed by atoms with Crippen molar-refractivity contribution < 1.29 is 4.42 Å². The Morgan fingerprint density at radius 2 is 1.81 bits per heavy atom. The number of aromatic nitrogens is 3. The molecule has 0 bridgehead atoms. The van der Waals surface area contributed by atoms with Crippen molar-refractivity contribution in [2.75, 3.05) is 0 Å². The lowest BCUT2D eigenvalue weighted by molar-refractivity contribution is 0.602. The molecule has 0 aliphatic heterocycles. The molecule has 26 heavy (non-hydrogen) atoms. The number of fused-ring (bicyclic) bond motifs is 2. The average Bonchev–Trinajstić information content (AvgIpc) is 3.16. The third kappa shape index (κ3) is 2.29. The molecule has 0 fully saturated rings. The summed E-state index contributed by atoms with van der Waals surface area (Å²) in [6.45, 7) is 0. The predicted octanol–water partition coefficient (Wildman–Crippen LogP) is 4.40. The molecule has 5 rings (SSSR count). The summed E-state index contributed by atoms with van der Waals surface area (Å²) in [6.07, 6.45) is 3.05. The van der Waals surface area contributed by atoms with Crippen LogP contribution >= 0.6 is 0 Å². The number of benzene rings is 2. The third-order valence-electron chi connectivity index (χ3n) is 4.43. The average molecular weight is 339 g/mol. The SMILES string of the molecule is O=c1cc[nH]c2nc(-c3ccccc3)c(-c3ccc4ocnc4c3)cc12. The first-order valence-electron chi connectivity index (χ1n) is 8.21. The summed E-state index contributed by atoms with van der Waals surface area (Å²) < 4.78 is 5.33. The van der Waals surface area contributed by atoms with Gasteiger partial charge in [0.2, 0.25) is 0 Å². The molecule has 5 nitrogen and oxygen atoms in total. The molecule has 0 amide bonds. The van der Waals surface area contributed by atoms with Crippen molar-refractivity contribution in [1.82, 2.24) is 15.0 Å². The zero-order valence-electron chi connectivity index (χ0n) is 13.6. The van der Waals surface area contributed by atoms with Crippen LogP contribution in [0.1, 0.15) is 0 Å². The van der Waals surface area contributed by atoms with Gasteiger partial charge < -0.3 is 9.40 Å². The van der Waals surface area contributed by atoms with Crippen molar-refractivity contribution >= 4 is 22.1 Å². The Morgan fingerprint density at radius 3 is 2.69 bits per heavy atom. The fourth-order valence-electron chi connectivity index (χ4n) is 3.16. The van der Waals surface area contributed by atoms with Gasteiger partial charge in [0.25, 0.3) is 0 Å². The van der Waals surface area contributed by atoms with Gasteiger partial charge in [-0.2, -0.15) is 0 Å². The number of hydrogen-bond donors (Lipinski definition) is 1. The van der Waals surface area contributed by atoms with Crippen molar-refractivity contribution in [3.8, 4) is 22.4 Å². The first-order chi connectivity index (χ1) is 12.8. The minimum Gasteiger partial charge on any atom is -0.443 e. The van der Waals surface area contributed by atoms with Gasteiger partial charge in [0.1, 0.15) is 11.2 Å². The van der Waals surface area contributed by atoms with Crippen molar-refractivity contribution in [2.45, 2.75) is 0 Å². The van der Waals surface area contributed by atoms with Gasteiger partial charge in [-0.1, -0.05) is 36.4 Å². The molecule has 2 aromatic carbocycles. The van der Waals surface area contributed by atoms with E-state index < -0.39 is 0 Å². The van der Waals surface area contributed by atoms with Gasteiger partial charge >= 0.3 is 0 Å². The molecule has 0 atom stereocenters. The molecule has 0 aliphatic carbocycles. The number of H-pyrrole nitrogens is 1. The van der Waals surface area contributed by atoms with Crippen molar-refractivity contribution in [3.63, 3.8) is 0 Å². The van der Waals surface area contributed by atoms with E-state index in [1.54, 1.807) is 6.20 Å². The quantitative estimate of drug-likeness (QED) is 0.517. The van der Waals surface area contributed by atoms with Gasteiger partial charge in [0.05, 0.1) is 11.1 Å². The van der Waals surface area contributed by atoms with Crippen molar-refractivity contribution in [1.29, 1.82) is 0 Å². The highest BCUT2D eigenvalue weighted by Gasteiger charge is 2.14. The highest BCUT2D eigenvalue weighted by Crippen LogP contribution is 2.33. The van der Waals surface area contributed by atoms with Gasteiger partial charge in [-0.15, -0.1) is 0 Å². The van der Waals surface area contributed by atoms with Gasteiger partial charge in [-0.3, -0.25) is 4.79 Å². The van der Waals surface area contributed by atoms with Gasteiger partial charge in [-0.05, 0) is 23.8 Å². The summed E-state index contributed by atoms with van der Waals surface area (Å²) in [5, 5.41) is 0.558. The largest absolute Gasteiger partial charge is 0.443 e. The normalized spacial score (nSPS) is 11.2. The minimum atomic E-state index is -0.0605. The van der Waals surface area contributed by atoms with E-state index in [1.807, 2.05) is 54.6 Å². The van der Waals surface area contributed by atoms with Crippen molar-refractivity contribution in [3.05, 3.63) is 83.5 Å². The summed E-state index contributed by atoms with van der Waals surface area (Å²) in [4.78, 5) is 24.3. The molecule has 3 aromatic heterocycles. The summed E-state index contributed by atoms with van der Waals surface area (Å²) in [7, 11) is 0. The maximum atomic E-state index is 12.3. The number of nitrogens with one attached hydrogen (secondary N) is 1. The number of oxazole rings is 1. The maximum absolute atomic E-state index is 12.3. The Balaban J connectivity index is 1.86. The molecule has 124 valence electrons. The molecule has 5 heteroatoms. The zero-order valence-corrected chi connectivity index (χ0v) is 13.6. The zero-order chi connectivity index (χ0) is 17.5. The lowest BCUT2D eigenvalue weighted by Crippen LogP contribution is -2.03. The Bertz CT molecular complexity index is 1300. The standard InChI is InChI=1S/C21H13N3O2/c25-18-8-9-22-21-16(18)11-15(20(24-21)13-4-2-1-3-5-13)14-6-7-19-17(10-14)23-12-26-19/h1-12H,(H,22,24,25). The fourth-order valence-corrected chi connectivity index (χ4v) is 3.16. The van der Waals surface area contributed by atoms with Crippen LogP contribution in [-0.4, -0.2) is 15.0 Å². The van der Waals surface area contributed by atoms with Gasteiger partial charge in [0.15, 0.2) is 17.4 Å². The monoisotopic (exact) mass is 339 g/mol. The van der Waals surface area contributed by atoms with E-state index in [2.05, 4.69) is 9.97 Å². The third-order valence-corrected chi connectivity index (χ3v) is 4.43.